The van der Waals surface area contributed by atoms with Crippen molar-refractivity contribution in [1.29, 1.82) is 0 Å². The molecule has 2 aliphatic rings. The van der Waals surface area contributed by atoms with Gasteiger partial charge in [-0.05, 0) is 64.3 Å². The number of aryl methyl sites for hydroxylation is 1. The molecule has 0 aliphatic carbocycles. The summed E-state index contributed by atoms with van der Waals surface area (Å²) in [7, 11) is 0. The third-order valence-electron chi connectivity index (χ3n) is 6.76. The van der Waals surface area contributed by atoms with Gasteiger partial charge >= 0.3 is 0 Å². The molecule has 0 bridgehead atoms. The molecule has 0 radical (unpaired) electrons. The van der Waals surface area contributed by atoms with Crippen molar-refractivity contribution in [2.45, 2.75) is 57.6 Å². The molecular weight excluding hydrogens is 399 g/mol. The third kappa shape index (κ3) is 3.78. The molecule has 3 aromatic rings. The van der Waals surface area contributed by atoms with E-state index < -0.39 is 6.10 Å². The zero-order valence-electron chi connectivity index (χ0n) is 17.7. The first-order valence-electron chi connectivity index (χ1n) is 11.1. The molecule has 4 heterocycles. The van der Waals surface area contributed by atoms with Gasteiger partial charge in [-0.2, -0.15) is 0 Å². The number of hydrogen-bond donors (Lipinski definition) is 1. The standard InChI is InChI=1S/C23H27FN4O3/c1-14-17(23(30)28-9-2-3-20(29)22(28)25-14)8-12-27-10-6-15(7-11-27)21-18-5-4-16(24)13-19(18)26-31-21/h4-5,13,15,20,29H,2-3,6-12H2,1H3. The Balaban J connectivity index is 1.24. The first-order valence-corrected chi connectivity index (χ1v) is 11.1. The van der Waals surface area contributed by atoms with E-state index in [-0.39, 0.29) is 17.3 Å². The predicted octanol–water partition coefficient (Wildman–Crippen LogP) is 3.08. The Hall–Kier alpha value is -2.58. The lowest BCUT2D eigenvalue weighted by atomic mass is 9.92. The summed E-state index contributed by atoms with van der Waals surface area (Å²) in [6, 6.07) is 4.60. The Labute approximate surface area is 179 Å². The van der Waals surface area contributed by atoms with Gasteiger partial charge in [-0.25, -0.2) is 9.37 Å². The number of benzene rings is 1. The number of rotatable bonds is 4. The van der Waals surface area contributed by atoms with Gasteiger partial charge in [-0.3, -0.25) is 9.36 Å². The maximum Gasteiger partial charge on any atom is 0.257 e. The highest BCUT2D eigenvalue weighted by Crippen LogP contribution is 2.33. The minimum Gasteiger partial charge on any atom is -0.385 e. The van der Waals surface area contributed by atoms with Crippen LogP contribution in [0, 0.1) is 12.7 Å². The Morgan fingerprint density at radius 2 is 2.03 bits per heavy atom. The van der Waals surface area contributed by atoms with E-state index in [0.717, 1.165) is 61.3 Å². The molecule has 164 valence electrons. The molecule has 1 unspecified atom stereocenters. The summed E-state index contributed by atoms with van der Waals surface area (Å²) in [4.78, 5) is 19.9. The molecule has 1 atom stereocenters. The maximum atomic E-state index is 13.4. The number of aliphatic hydroxyl groups excluding tert-OH is 1. The van der Waals surface area contributed by atoms with Crippen LogP contribution in [-0.2, 0) is 13.0 Å². The third-order valence-corrected chi connectivity index (χ3v) is 6.76. The number of fused-ring (bicyclic) bond motifs is 2. The predicted molar refractivity (Wildman–Crippen MR) is 114 cm³/mol. The zero-order valence-corrected chi connectivity index (χ0v) is 17.7. The number of hydrogen-bond acceptors (Lipinski definition) is 6. The van der Waals surface area contributed by atoms with Gasteiger partial charge in [0, 0.05) is 41.7 Å². The first kappa shape index (κ1) is 20.3. The van der Waals surface area contributed by atoms with E-state index in [9.17, 15) is 14.3 Å². The number of likely N-dealkylation sites (tertiary alicyclic amines) is 1. The molecule has 7 nitrogen and oxygen atoms in total. The average molecular weight is 426 g/mol. The van der Waals surface area contributed by atoms with Crippen LogP contribution >= 0.6 is 0 Å². The molecule has 1 N–H and O–H groups in total. The van der Waals surface area contributed by atoms with Gasteiger partial charge in [0.15, 0.2) is 0 Å². The molecular formula is C23H27FN4O3. The molecule has 8 heteroatoms. The van der Waals surface area contributed by atoms with Crippen LogP contribution in [0.3, 0.4) is 0 Å². The average Bonchev–Trinajstić information content (AvgIpc) is 3.18. The van der Waals surface area contributed by atoms with Crippen molar-refractivity contribution >= 4 is 10.9 Å². The monoisotopic (exact) mass is 426 g/mol. The van der Waals surface area contributed by atoms with E-state index in [2.05, 4.69) is 15.0 Å². The molecule has 2 aromatic heterocycles. The fraction of sp³-hybridized carbons (Fsp3) is 0.522. The number of aromatic nitrogens is 3. The van der Waals surface area contributed by atoms with Crippen LogP contribution in [0.2, 0.25) is 0 Å². The molecule has 5 rings (SSSR count). The number of aliphatic hydroxyl groups is 1. The molecule has 31 heavy (non-hydrogen) atoms. The van der Waals surface area contributed by atoms with Crippen molar-refractivity contribution in [2.24, 2.45) is 0 Å². The Kier molecular flexibility index (Phi) is 5.35. The van der Waals surface area contributed by atoms with Crippen molar-refractivity contribution < 1.29 is 14.0 Å². The van der Waals surface area contributed by atoms with Gasteiger partial charge < -0.3 is 14.5 Å². The molecule has 0 spiro atoms. The maximum absolute atomic E-state index is 13.4. The summed E-state index contributed by atoms with van der Waals surface area (Å²) in [5.74, 6) is 1.32. The Morgan fingerprint density at radius 3 is 2.84 bits per heavy atom. The smallest absolute Gasteiger partial charge is 0.257 e. The molecule has 1 aromatic carbocycles. The van der Waals surface area contributed by atoms with Gasteiger partial charge in [0.2, 0.25) is 0 Å². The fourth-order valence-electron chi connectivity index (χ4n) is 4.97. The molecule has 0 saturated carbocycles. The minimum absolute atomic E-state index is 0.00324. The first-order chi connectivity index (χ1) is 15.0. The lowest BCUT2D eigenvalue weighted by Gasteiger charge is -2.31. The highest BCUT2D eigenvalue weighted by Gasteiger charge is 2.27. The topological polar surface area (TPSA) is 84.4 Å². The largest absolute Gasteiger partial charge is 0.385 e. The van der Waals surface area contributed by atoms with E-state index in [1.807, 2.05) is 6.92 Å². The van der Waals surface area contributed by atoms with Gasteiger partial charge in [-0.1, -0.05) is 5.16 Å². The van der Waals surface area contributed by atoms with Crippen molar-refractivity contribution in [3.63, 3.8) is 0 Å². The van der Waals surface area contributed by atoms with E-state index in [1.165, 1.54) is 12.1 Å². The molecule has 2 aliphatic heterocycles. The van der Waals surface area contributed by atoms with Gasteiger partial charge in [0.25, 0.3) is 5.56 Å². The van der Waals surface area contributed by atoms with Crippen molar-refractivity contribution in [1.82, 2.24) is 19.6 Å². The lowest BCUT2D eigenvalue weighted by molar-refractivity contribution is 0.129. The van der Waals surface area contributed by atoms with Crippen LogP contribution in [0.15, 0.2) is 27.5 Å². The second-order valence-electron chi connectivity index (χ2n) is 8.72. The van der Waals surface area contributed by atoms with Crippen molar-refractivity contribution in [3.05, 3.63) is 57.2 Å². The van der Waals surface area contributed by atoms with Crippen LogP contribution < -0.4 is 5.56 Å². The molecule has 0 amide bonds. The van der Waals surface area contributed by atoms with Crippen LogP contribution in [0.5, 0.6) is 0 Å². The minimum atomic E-state index is -0.642. The molecule has 1 saturated heterocycles. The van der Waals surface area contributed by atoms with Crippen molar-refractivity contribution in [3.8, 4) is 0 Å². The van der Waals surface area contributed by atoms with Gasteiger partial charge in [0.05, 0.1) is 0 Å². The normalized spacial score (nSPS) is 20.3. The van der Waals surface area contributed by atoms with Crippen LogP contribution in [0.1, 0.15) is 60.5 Å². The van der Waals surface area contributed by atoms with E-state index >= 15 is 0 Å². The lowest BCUT2D eigenvalue weighted by Crippen LogP contribution is -2.37. The number of nitrogens with zero attached hydrogens (tertiary/aromatic N) is 4. The van der Waals surface area contributed by atoms with E-state index in [4.69, 9.17) is 4.52 Å². The van der Waals surface area contributed by atoms with Crippen LogP contribution in [0.4, 0.5) is 4.39 Å². The van der Waals surface area contributed by atoms with Crippen LogP contribution in [0.25, 0.3) is 10.9 Å². The molecule has 1 fully saturated rings. The fourth-order valence-corrected chi connectivity index (χ4v) is 4.97. The summed E-state index contributed by atoms with van der Waals surface area (Å²) in [5, 5.41) is 15.1. The van der Waals surface area contributed by atoms with Gasteiger partial charge in [0.1, 0.15) is 29.0 Å². The second kappa shape index (κ2) is 8.16. The summed E-state index contributed by atoms with van der Waals surface area (Å²) in [6.45, 7) is 5.11. The number of piperidine rings is 1. The quantitative estimate of drug-likeness (QED) is 0.690. The second-order valence-corrected chi connectivity index (χ2v) is 8.72. The zero-order chi connectivity index (χ0) is 21.5. The summed E-state index contributed by atoms with van der Waals surface area (Å²) in [6.07, 6.45) is 3.35. The summed E-state index contributed by atoms with van der Waals surface area (Å²) >= 11 is 0. The summed E-state index contributed by atoms with van der Waals surface area (Å²) < 4.78 is 20.6. The SMILES string of the molecule is Cc1nc2n(c(=O)c1CCN1CCC(c3onc4cc(F)ccc34)CC1)CCCC2O. The Morgan fingerprint density at radius 1 is 1.23 bits per heavy atom. The highest BCUT2D eigenvalue weighted by atomic mass is 19.1. The van der Waals surface area contributed by atoms with Crippen molar-refractivity contribution in [2.75, 3.05) is 19.6 Å². The highest BCUT2D eigenvalue weighted by molar-refractivity contribution is 5.80. The number of halogens is 1. The van der Waals surface area contributed by atoms with E-state index in [1.54, 1.807) is 10.6 Å². The Bertz CT molecular complexity index is 1160. The van der Waals surface area contributed by atoms with Gasteiger partial charge in [-0.15, -0.1) is 0 Å². The van der Waals surface area contributed by atoms with E-state index in [0.29, 0.717) is 30.7 Å². The van der Waals surface area contributed by atoms with Crippen LogP contribution in [-0.4, -0.2) is 44.3 Å². The summed E-state index contributed by atoms with van der Waals surface area (Å²) in [5.41, 5.74) is 2.05.